The van der Waals surface area contributed by atoms with Crippen LogP contribution in [0.5, 0.6) is 0 Å². The van der Waals surface area contributed by atoms with Gasteiger partial charge in [0.15, 0.2) is 5.89 Å². The number of hydrogen-bond acceptors (Lipinski definition) is 4. The molecule has 1 heterocycles. The Labute approximate surface area is 129 Å². The molecule has 1 N–H and O–H groups in total. The number of hydrogen-bond donors (Lipinski definition) is 1. The van der Waals surface area contributed by atoms with Gasteiger partial charge in [-0.2, -0.15) is 0 Å². The maximum Gasteiger partial charge on any atom is 0.215 e. The van der Waals surface area contributed by atoms with Crippen LogP contribution in [-0.2, 0) is 22.2 Å². The molecule has 0 aliphatic heterocycles. The van der Waals surface area contributed by atoms with Crippen molar-refractivity contribution in [1.82, 2.24) is 9.71 Å². The van der Waals surface area contributed by atoms with Crippen molar-refractivity contribution >= 4 is 21.6 Å². The molecule has 5 nitrogen and oxygen atoms in total. The number of nitrogens with one attached hydrogen (secondary N) is 1. The SMILES string of the molecule is Cc1nc(C)c(CCNS(=O)(=O)Cc2ccccc2Cl)o1. The predicted molar refractivity (Wildman–Crippen MR) is 81.8 cm³/mol. The van der Waals surface area contributed by atoms with E-state index in [1.165, 1.54) is 0 Å². The number of aryl methyl sites for hydroxylation is 2. The molecule has 0 fully saturated rings. The van der Waals surface area contributed by atoms with Gasteiger partial charge >= 0.3 is 0 Å². The van der Waals surface area contributed by atoms with E-state index in [1.807, 2.05) is 6.92 Å². The van der Waals surface area contributed by atoms with Crippen LogP contribution in [0.15, 0.2) is 28.7 Å². The molecule has 0 amide bonds. The van der Waals surface area contributed by atoms with E-state index in [2.05, 4.69) is 9.71 Å². The third-order valence-corrected chi connectivity index (χ3v) is 4.68. The topological polar surface area (TPSA) is 72.2 Å². The second kappa shape index (κ2) is 6.60. The van der Waals surface area contributed by atoms with Gasteiger partial charge in [0, 0.05) is 24.9 Å². The molecule has 2 aromatic rings. The van der Waals surface area contributed by atoms with E-state index in [9.17, 15) is 8.42 Å². The smallest absolute Gasteiger partial charge is 0.215 e. The van der Waals surface area contributed by atoms with Crippen molar-refractivity contribution in [2.45, 2.75) is 26.0 Å². The van der Waals surface area contributed by atoms with Crippen molar-refractivity contribution in [3.8, 4) is 0 Å². The summed E-state index contributed by atoms with van der Waals surface area (Å²) in [6.07, 6.45) is 0.467. The molecule has 114 valence electrons. The van der Waals surface area contributed by atoms with Crippen molar-refractivity contribution < 1.29 is 12.8 Å². The summed E-state index contributed by atoms with van der Waals surface area (Å²) in [6.45, 7) is 3.87. The predicted octanol–water partition coefficient (Wildman–Crippen LogP) is 2.61. The first-order chi connectivity index (χ1) is 9.87. The van der Waals surface area contributed by atoms with Crippen LogP contribution in [-0.4, -0.2) is 19.9 Å². The van der Waals surface area contributed by atoms with Crippen molar-refractivity contribution in [1.29, 1.82) is 0 Å². The van der Waals surface area contributed by atoms with Crippen LogP contribution in [0, 0.1) is 13.8 Å². The summed E-state index contributed by atoms with van der Waals surface area (Å²) in [7, 11) is -3.43. The summed E-state index contributed by atoms with van der Waals surface area (Å²) in [5.41, 5.74) is 1.37. The van der Waals surface area contributed by atoms with E-state index in [-0.39, 0.29) is 12.3 Å². The number of nitrogens with zero attached hydrogens (tertiary/aromatic N) is 1. The second-order valence-electron chi connectivity index (χ2n) is 4.74. The number of halogens is 1. The number of rotatable bonds is 6. The molecule has 0 aliphatic rings. The van der Waals surface area contributed by atoms with Crippen LogP contribution in [0.1, 0.15) is 22.9 Å². The quantitative estimate of drug-likeness (QED) is 0.884. The zero-order chi connectivity index (χ0) is 15.5. The van der Waals surface area contributed by atoms with E-state index in [0.717, 1.165) is 5.69 Å². The molecule has 0 spiro atoms. The average molecular weight is 329 g/mol. The first-order valence-electron chi connectivity index (χ1n) is 6.51. The highest BCUT2D eigenvalue weighted by molar-refractivity contribution is 7.88. The van der Waals surface area contributed by atoms with Gasteiger partial charge in [-0.25, -0.2) is 18.1 Å². The lowest BCUT2D eigenvalue weighted by Gasteiger charge is -2.07. The minimum Gasteiger partial charge on any atom is -0.446 e. The molecule has 0 radical (unpaired) electrons. The lowest BCUT2D eigenvalue weighted by atomic mass is 10.2. The van der Waals surface area contributed by atoms with Gasteiger partial charge in [0.2, 0.25) is 10.0 Å². The third kappa shape index (κ3) is 4.56. The number of benzene rings is 1. The molecule has 2 rings (SSSR count). The first kappa shape index (κ1) is 16.0. The monoisotopic (exact) mass is 328 g/mol. The summed E-state index contributed by atoms with van der Waals surface area (Å²) in [5.74, 6) is 1.15. The van der Waals surface area contributed by atoms with Gasteiger partial charge in [-0.1, -0.05) is 29.8 Å². The average Bonchev–Trinajstić information content (AvgIpc) is 2.70. The van der Waals surface area contributed by atoms with Crippen molar-refractivity contribution in [2.24, 2.45) is 0 Å². The molecule has 21 heavy (non-hydrogen) atoms. The van der Waals surface area contributed by atoms with Crippen LogP contribution < -0.4 is 4.72 Å². The van der Waals surface area contributed by atoms with Gasteiger partial charge in [0.25, 0.3) is 0 Å². The number of aromatic nitrogens is 1. The molecular weight excluding hydrogens is 312 g/mol. The Hall–Kier alpha value is -1.37. The Morgan fingerprint density at radius 1 is 1.29 bits per heavy atom. The minimum atomic E-state index is -3.43. The fraction of sp³-hybridized carbons (Fsp3) is 0.357. The molecular formula is C14H17ClN2O3S. The van der Waals surface area contributed by atoms with Crippen molar-refractivity contribution in [3.63, 3.8) is 0 Å². The fourth-order valence-electron chi connectivity index (χ4n) is 2.00. The number of oxazole rings is 1. The molecule has 0 saturated heterocycles. The summed E-state index contributed by atoms with van der Waals surface area (Å²) < 4.78 is 32.0. The molecule has 0 saturated carbocycles. The minimum absolute atomic E-state index is 0.138. The van der Waals surface area contributed by atoms with Crippen LogP contribution >= 0.6 is 11.6 Å². The van der Waals surface area contributed by atoms with E-state index in [1.54, 1.807) is 31.2 Å². The van der Waals surface area contributed by atoms with Gasteiger partial charge in [-0.3, -0.25) is 0 Å². The standard InChI is InChI=1S/C14H17ClN2O3S/c1-10-14(20-11(2)17-10)7-8-16-21(18,19)9-12-5-3-4-6-13(12)15/h3-6,16H,7-9H2,1-2H3. The Balaban J connectivity index is 1.93. The normalized spacial score (nSPS) is 11.8. The van der Waals surface area contributed by atoms with Crippen LogP contribution in [0.25, 0.3) is 0 Å². The highest BCUT2D eigenvalue weighted by Gasteiger charge is 2.14. The Bertz CT molecular complexity index is 726. The highest BCUT2D eigenvalue weighted by atomic mass is 35.5. The molecule has 0 aliphatic carbocycles. The zero-order valence-corrected chi connectivity index (χ0v) is 13.5. The molecule has 1 aromatic carbocycles. The number of sulfonamides is 1. The van der Waals surface area contributed by atoms with E-state index in [0.29, 0.717) is 28.7 Å². The molecule has 1 aromatic heterocycles. The lowest BCUT2D eigenvalue weighted by Crippen LogP contribution is -2.27. The van der Waals surface area contributed by atoms with E-state index < -0.39 is 10.0 Å². The van der Waals surface area contributed by atoms with Gasteiger partial charge < -0.3 is 4.42 Å². The summed E-state index contributed by atoms with van der Waals surface area (Å²) >= 11 is 5.97. The molecule has 0 unspecified atom stereocenters. The van der Waals surface area contributed by atoms with Crippen LogP contribution in [0.2, 0.25) is 5.02 Å². The maximum atomic E-state index is 12.0. The maximum absolute atomic E-state index is 12.0. The Morgan fingerprint density at radius 2 is 2.00 bits per heavy atom. The van der Waals surface area contributed by atoms with Gasteiger partial charge in [-0.05, 0) is 18.6 Å². The summed E-state index contributed by atoms with van der Waals surface area (Å²) in [4.78, 5) is 4.14. The Morgan fingerprint density at radius 3 is 2.62 bits per heavy atom. The second-order valence-corrected chi connectivity index (χ2v) is 6.95. The van der Waals surface area contributed by atoms with Gasteiger partial charge in [-0.15, -0.1) is 0 Å². The summed E-state index contributed by atoms with van der Waals surface area (Å²) in [6, 6.07) is 6.90. The molecule has 0 atom stereocenters. The summed E-state index contributed by atoms with van der Waals surface area (Å²) in [5, 5.41) is 0.449. The van der Waals surface area contributed by atoms with Crippen LogP contribution in [0.3, 0.4) is 0 Å². The zero-order valence-electron chi connectivity index (χ0n) is 11.9. The Kier molecular flexibility index (Phi) is 5.03. The third-order valence-electron chi connectivity index (χ3n) is 2.98. The van der Waals surface area contributed by atoms with E-state index >= 15 is 0 Å². The van der Waals surface area contributed by atoms with E-state index in [4.69, 9.17) is 16.0 Å². The van der Waals surface area contributed by atoms with Crippen LogP contribution in [0.4, 0.5) is 0 Å². The highest BCUT2D eigenvalue weighted by Crippen LogP contribution is 2.17. The van der Waals surface area contributed by atoms with Gasteiger partial charge in [0.05, 0.1) is 11.4 Å². The van der Waals surface area contributed by atoms with Crippen molar-refractivity contribution in [2.75, 3.05) is 6.54 Å². The molecule has 7 heteroatoms. The lowest BCUT2D eigenvalue weighted by molar-refractivity contribution is 0.472. The van der Waals surface area contributed by atoms with Crippen molar-refractivity contribution in [3.05, 3.63) is 52.2 Å². The molecule has 0 bridgehead atoms. The largest absolute Gasteiger partial charge is 0.446 e. The first-order valence-corrected chi connectivity index (χ1v) is 8.54. The van der Waals surface area contributed by atoms with Gasteiger partial charge in [0.1, 0.15) is 5.76 Å². The fourth-order valence-corrected chi connectivity index (χ4v) is 3.45.